The second kappa shape index (κ2) is 5.56. The lowest BCUT2D eigenvalue weighted by Crippen LogP contribution is -2.13. The molecule has 0 amide bonds. The Morgan fingerprint density at radius 1 is 1.26 bits per heavy atom. The SMILES string of the molecule is COc1ccc([C@H](C[N+](=O)[O-])c2ccc(C)cc2)o1. The highest BCUT2D eigenvalue weighted by atomic mass is 16.6. The van der Waals surface area contributed by atoms with Crippen molar-refractivity contribution in [1.82, 2.24) is 0 Å². The van der Waals surface area contributed by atoms with E-state index in [1.54, 1.807) is 12.1 Å². The molecule has 0 aliphatic rings. The molecule has 1 aromatic heterocycles. The molecule has 5 nitrogen and oxygen atoms in total. The van der Waals surface area contributed by atoms with Gasteiger partial charge < -0.3 is 9.15 Å². The van der Waals surface area contributed by atoms with Gasteiger partial charge in [-0.05, 0) is 18.6 Å². The molecule has 2 rings (SSSR count). The van der Waals surface area contributed by atoms with Gasteiger partial charge in [-0.1, -0.05) is 29.8 Å². The molecule has 1 aromatic carbocycles. The van der Waals surface area contributed by atoms with E-state index in [2.05, 4.69) is 0 Å². The summed E-state index contributed by atoms with van der Waals surface area (Å²) in [4.78, 5) is 10.5. The second-order valence-corrected chi connectivity index (χ2v) is 4.34. The molecule has 0 unspecified atom stereocenters. The van der Waals surface area contributed by atoms with Gasteiger partial charge in [-0.25, -0.2) is 0 Å². The summed E-state index contributed by atoms with van der Waals surface area (Å²) in [5, 5.41) is 10.8. The molecule has 0 spiro atoms. The van der Waals surface area contributed by atoms with Crippen LogP contribution in [0, 0.1) is 17.0 Å². The zero-order valence-electron chi connectivity index (χ0n) is 10.8. The number of methoxy groups -OCH3 is 1. The Kier molecular flexibility index (Phi) is 3.85. The summed E-state index contributed by atoms with van der Waals surface area (Å²) >= 11 is 0. The third kappa shape index (κ3) is 3.13. The van der Waals surface area contributed by atoms with E-state index >= 15 is 0 Å². The number of hydrogen-bond donors (Lipinski definition) is 0. The lowest BCUT2D eigenvalue weighted by atomic mass is 9.96. The minimum Gasteiger partial charge on any atom is -0.468 e. The minimum atomic E-state index is -0.403. The maximum atomic E-state index is 10.8. The van der Waals surface area contributed by atoms with Crippen molar-refractivity contribution in [3.63, 3.8) is 0 Å². The molecule has 0 radical (unpaired) electrons. The quantitative estimate of drug-likeness (QED) is 0.613. The van der Waals surface area contributed by atoms with E-state index in [4.69, 9.17) is 9.15 Å². The van der Waals surface area contributed by atoms with Gasteiger partial charge in [0.25, 0.3) is 5.95 Å². The molecule has 0 bridgehead atoms. The van der Waals surface area contributed by atoms with Crippen LogP contribution in [-0.2, 0) is 0 Å². The normalized spacial score (nSPS) is 12.1. The number of rotatable bonds is 5. The fraction of sp³-hybridized carbons (Fsp3) is 0.286. The van der Waals surface area contributed by atoms with Crippen molar-refractivity contribution in [2.75, 3.05) is 13.7 Å². The summed E-state index contributed by atoms with van der Waals surface area (Å²) in [7, 11) is 1.50. The average molecular weight is 261 g/mol. The average Bonchev–Trinajstić information content (AvgIpc) is 2.85. The van der Waals surface area contributed by atoms with E-state index in [9.17, 15) is 10.1 Å². The van der Waals surface area contributed by atoms with Gasteiger partial charge in [0, 0.05) is 11.0 Å². The van der Waals surface area contributed by atoms with E-state index < -0.39 is 5.92 Å². The monoisotopic (exact) mass is 261 g/mol. The molecule has 0 saturated heterocycles. The molecule has 0 fully saturated rings. The largest absolute Gasteiger partial charge is 0.468 e. The molecule has 2 aromatic rings. The molecule has 1 atom stereocenters. The van der Waals surface area contributed by atoms with Crippen LogP contribution < -0.4 is 4.74 Å². The standard InChI is InChI=1S/C14H15NO4/c1-10-3-5-11(6-4-10)12(9-15(16)17)13-7-8-14(18-2)19-13/h3-8,12H,9H2,1-2H3/t12-/m1/s1. The highest BCUT2D eigenvalue weighted by Gasteiger charge is 2.23. The van der Waals surface area contributed by atoms with Gasteiger partial charge in [0.05, 0.1) is 7.11 Å². The third-order valence-corrected chi connectivity index (χ3v) is 2.96. The first-order chi connectivity index (χ1) is 9.10. The van der Waals surface area contributed by atoms with Crippen molar-refractivity contribution in [3.05, 3.63) is 63.4 Å². The number of hydrogen-bond acceptors (Lipinski definition) is 4. The lowest BCUT2D eigenvalue weighted by molar-refractivity contribution is -0.482. The predicted octanol–water partition coefficient (Wildman–Crippen LogP) is 3.01. The van der Waals surface area contributed by atoms with Crippen molar-refractivity contribution < 1.29 is 14.1 Å². The van der Waals surface area contributed by atoms with Crippen LogP contribution >= 0.6 is 0 Å². The molecule has 19 heavy (non-hydrogen) atoms. The van der Waals surface area contributed by atoms with E-state index in [-0.39, 0.29) is 11.5 Å². The van der Waals surface area contributed by atoms with Crippen LogP contribution in [0.4, 0.5) is 0 Å². The maximum Gasteiger partial charge on any atom is 0.284 e. The van der Waals surface area contributed by atoms with E-state index in [0.29, 0.717) is 11.7 Å². The fourth-order valence-corrected chi connectivity index (χ4v) is 1.94. The van der Waals surface area contributed by atoms with Crippen LogP contribution in [0.25, 0.3) is 0 Å². The van der Waals surface area contributed by atoms with Gasteiger partial charge in [0.2, 0.25) is 6.54 Å². The molecule has 5 heteroatoms. The highest BCUT2D eigenvalue weighted by Crippen LogP contribution is 2.29. The number of aryl methyl sites for hydroxylation is 1. The van der Waals surface area contributed by atoms with Crippen molar-refractivity contribution in [3.8, 4) is 5.95 Å². The molecule has 0 aliphatic heterocycles. The summed E-state index contributed by atoms with van der Waals surface area (Å²) < 4.78 is 10.4. The van der Waals surface area contributed by atoms with Gasteiger partial charge in [0.1, 0.15) is 11.7 Å². The zero-order valence-corrected chi connectivity index (χ0v) is 10.8. The Balaban J connectivity index is 2.34. The Labute approximate surface area is 111 Å². The number of nitro groups is 1. The number of ether oxygens (including phenoxy) is 1. The summed E-state index contributed by atoms with van der Waals surface area (Å²) in [5.74, 6) is 0.493. The summed E-state index contributed by atoms with van der Waals surface area (Å²) in [6.45, 7) is 1.77. The minimum absolute atomic E-state index is 0.209. The zero-order chi connectivity index (χ0) is 13.8. The third-order valence-electron chi connectivity index (χ3n) is 2.96. The fourth-order valence-electron chi connectivity index (χ4n) is 1.94. The highest BCUT2D eigenvalue weighted by molar-refractivity contribution is 5.31. The predicted molar refractivity (Wildman–Crippen MR) is 70.1 cm³/mol. The van der Waals surface area contributed by atoms with E-state index in [1.807, 2.05) is 31.2 Å². The summed E-state index contributed by atoms with van der Waals surface area (Å²) in [6, 6.07) is 11.0. The van der Waals surface area contributed by atoms with Gasteiger partial charge in [0.15, 0.2) is 0 Å². The van der Waals surface area contributed by atoms with Crippen LogP contribution in [-0.4, -0.2) is 18.6 Å². The van der Waals surface area contributed by atoms with Crippen molar-refractivity contribution in [2.45, 2.75) is 12.8 Å². The van der Waals surface area contributed by atoms with Crippen LogP contribution in [0.3, 0.4) is 0 Å². The first-order valence-corrected chi connectivity index (χ1v) is 5.92. The van der Waals surface area contributed by atoms with Gasteiger partial charge in [-0.2, -0.15) is 0 Å². The van der Waals surface area contributed by atoms with Crippen LogP contribution in [0.1, 0.15) is 22.8 Å². The van der Waals surface area contributed by atoms with Crippen molar-refractivity contribution in [1.29, 1.82) is 0 Å². The van der Waals surface area contributed by atoms with Gasteiger partial charge in [-0.15, -0.1) is 0 Å². The Morgan fingerprint density at radius 3 is 2.47 bits per heavy atom. The van der Waals surface area contributed by atoms with Crippen LogP contribution in [0.15, 0.2) is 40.8 Å². The summed E-state index contributed by atoms with van der Waals surface area (Å²) in [6.07, 6.45) is 0. The molecule has 0 aliphatic carbocycles. The first-order valence-electron chi connectivity index (χ1n) is 5.92. The molecule has 0 N–H and O–H groups in total. The first kappa shape index (κ1) is 13.1. The number of benzene rings is 1. The Hall–Kier alpha value is -2.30. The topological polar surface area (TPSA) is 65.5 Å². The number of nitrogens with zero attached hydrogens (tertiary/aromatic N) is 1. The van der Waals surface area contributed by atoms with Gasteiger partial charge >= 0.3 is 0 Å². The smallest absolute Gasteiger partial charge is 0.284 e. The molecule has 100 valence electrons. The lowest BCUT2D eigenvalue weighted by Gasteiger charge is -2.11. The van der Waals surface area contributed by atoms with Gasteiger partial charge in [-0.3, -0.25) is 10.1 Å². The Morgan fingerprint density at radius 2 is 1.95 bits per heavy atom. The molecule has 0 saturated carbocycles. The van der Waals surface area contributed by atoms with Crippen LogP contribution in [0.2, 0.25) is 0 Å². The van der Waals surface area contributed by atoms with Crippen LogP contribution in [0.5, 0.6) is 5.95 Å². The molecule has 1 heterocycles. The van der Waals surface area contributed by atoms with E-state index in [0.717, 1.165) is 11.1 Å². The second-order valence-electron chi connectivity index (χ2n) is 4.34. The van der Waals surface area contributed by atoms with Crippen molar-refractivity contribution in [2.24, 2.45) is 0 Å². The summed E-state index contributed by atoms with van der Waals surface area (Å²) in [5.41, 5.74) is 1.97. The van der Waals surface area contributed by atoms with Crippen molar-refractivity contribution >= 4 is 0 Å². The maximum absolute atomic E-state index is 10.8. The molecular formula is C14H15NO4. The van der Waals surface area contributed by atoms with E-state index in [1.165, 1.54) is 7.11 Å². The number of furan rings is 1. The molecular weight excluding hydrogens is 246 g/mol. The Bertz CT molecular complexity index is 559.